The maximum Gasteiger partial charge on any atom is 0.273 e. The van der Waals surface area contributed by atoms with Gasteiger partial charge in [0.25, 0.3) is 10.0 Å². The molecular weight excluding hydrogens is 319 g/mol. The summed E-state index contributed by atoms with van der Waals surface area (Å²) in [6.45, 7) is 3.84. The van der Waals surface area contributed by atoms with Gasteiger partial charge >= 0.3 is 0 Å². The van der Waals surface area contributed by atoms with E-state index in [9.17, 15) is 12.8 Å². The number of imidazole rings is 1. The van der Waals surface area contributed by atoms with Gasteiger partial charge in [-0.05, 0) is 49.2 Å². The summed E-state index contributed by atoms with van der Waals surface area (Å²) in [5.74, 6) is -0.613. The van der Waals surface area contributed by atoms with Crippen molar-refractivity contribution in [1.29, 1.82) is 0 Å². The summed E-state index contributed by atoms with van der Waals surface area (Å²) in [5, 5.41) is 0. The van der Waals surface area contributed by atoms with E-state index in [1.54, 1.807) is 6.07 Å². The van der Waals surface area contributed by atoms with Crippen LogP contribution in [0.2, 0.25) is 0 Å². The van der Waals surface area contributed by atoms with Crippen LogP contribution in [0, 0.1) is 19.7 Å². The van der Waals surface area contributed by atoms with Gasteiger partial charge in [-0.3, -0.25) is 0 Å². The van der Waals surface area contributed by atoms with E-state index in [1.165, 1.54) is 19.5 Å². The normalized spacial score (nSPS) is 11.8. The standard InChI is InChI=1S/C16H15FN2O3S/c1-10-6-13-14(7-11(10)2)19(9-18-13)23(20,21)16-5-4-12(17)8-15(16)22-3/h4-9H,1-3H3. The maximum absolute atomic E-state index is 13.3. The lowest BCUT2D eigenvalue weighted by molar-refractivity contribution is 0.399. The van der Waals surface area contributed by atoms with Crippen molar-refractivity contribution in [1.82, 2.24) is 8.96 Å². The van der Waals surface area contributed by atoms with E-state index in [0.29, 0.717) is 11.0 Å². The Kier molecular flexibility index (Phi) is 3.60. The van der Waals surface area contributed by atoms with Gasteiger partial charge in [-0.15, -0.1) is 0 Å². The number of hydrogen-bond acceptors (Lipinski definition) is 4. The maximum atomic E-state index is 13.3. The Balaban J connectivity index is 2.27. The minimum absolute atomic E-state index is 0.0457. The number of benzene rings is 2. The average molecular weight is 334 g/mol. The van der Waals surface area contributed by atoms with E-state index in [0.717, 1.165) is 27.2 Å². The molecule has 0 atom stereocenters. The van der Waals surface area contributed by atoms with Crippen molar-refractivity contribution < 1.29 is 17.5 Å². The predicted molar refractivity (Wildman–Crippen MR) is 84.7 cm³/mol. The van der Waals surface area contributed by atoms with Crippen LogP contribution in [0.3, 0.4) is 0 Å². The summed E-state index contributed by atoms with van der Waals surface area (Å²) in [6, 6.07) is 6.92. The summed E-state index contributed by atoms with van der Waals surface area (Å²) in [5.41, 5.74) is 3.04. The molecule has 1 aromatic heterocycles. The fraction of sp³-hybridized carbons (Fsp3) is 0.188. The highest BCUT2D eigenvalue weighted by Gasteiger charge is 2.24. The first-order valence-corrected chi connectivity index (χ1v) is 8.32. The van der Waals surface area contributed by atoms with Crippen molar-refractivity contribution in [3.8, 4) is 5.75 Å². The number of hydrogen-bond donors (Lipinski definition) is 0. The molecule has 0 aliphatic heterocycles. The van der Waals surface area contributed by atoms with Crippen molar-refractivity contribution >= 4 is 21.1 Å². The summed E-state index contributed by atoms with van der Waals surface area (Å²) in [6.07, 6.45) is 1.25. The minimum atomic E-state index is -3.95. The van der Waals surface area contributed by atoms with Crippen LogP contribution in [0.4, 0.5) is 4.39 Å². The molecular formula is C16H15FN2O3S. The molecule has 0 aliphatic rings. The first-order valence-electron chi connectivity index (χ1n) is 6.88. The Morgan fingerprint density at radius 1 is 1.13 bits per heavy atom. The molecule has 0 bridgehead atoms. The molecule has 0 amide bonds. The molecule has 2 aromatic carbocycles. The molecule has 3 rings (SSSR count). The number of ether oxygens (including phenoxy) is 1. The lowest BCUT2D eigenvalue weighted by atomic mass is 10.1. The van der Waals surface area contributed by atoms with E-state index in [2.05, 4.69) is 4.98 Å². The zero-order valence-corrected chi connectivity index (χ0v) is 13.7. The monoisotopic (exact) mass is 334 g/mol. The van der Waals surface area contributed by atoms with Gasteiger partial charge in [0.15, 0.2) is 0 Å². The lowest BCUT2D eigenvalue weighted by Crippen LogP contribution is -2.13. The lowest BCUT2D eigenvalue weighted by Gasteiger charge is -2.11. The molecule has 5 nitrogen and oxygen atoms in total. The summed E-state index contributed by atoms with van der Waals surface area (Å²) in [4.78, 5) is 4.04. The minimum Gasteiger partial charge on any atom is -0.495 e. The number of aromatic nitrogens is 2. The van der Waals surface area contributed by atoms with E-state index < -0.39 is 15.8 Å². The molecule has 23 heavy (non-hydrogen) atoms. The van der Waals surface area contributed by atoms with Gasteiger partial charge in [0.2, 0.25) is 0 Å². The number of halogens is 1. The summed E-state index contributed by atoms with van der Waals surface area (Å²) < 4.78 is 45.3. The van der Waals surface area contributed by atoms with Gasteiger partial charge in [0, 0.05) is 6.07 Å². The number of nitrogens with zero attached hydrogens (tertiary/aromatic N) is 2. The third kappa shape index (κ3) is 2.46. The van der Waals surface area contributed by atoms with Crippen molar-refractivity contribution in [2.24, 2.45) is 0 Å². The van der Waals surface area contributed by atoms with Crippen LogP contribution in [0.25, 0.3) is 11.0 Å². The second-order valence-corrected chi connectivity index (χ2v) is 7.05. The zero-order valence-electron chi connectivity index (χ0n) is 12.9. The fourth-order valence-electron chi connectivity index (χ4n) is 2.39. The van der Waals surface area contributed by atoms with Gasteiger partial charge in [-0.2, -0.15) is 0 Å². The van der Waals surface area contributed by atoms with Crippen molar-refractivity contribution in [3.63, 3.8) is 0 Å². The molecule has 0 radical (unpaired) electrons. The van der Waals surface area contributed by atoms with E-state index >= 15 is 0 Å². The molecule has 0 spiro atoms. The molecule has 0 N–H and O–H groups in total. The Hall–Kier alpha value is -2.41. The molecule has 0 aliphatic carbocycles. The first kappa shape index (κ1) is 15.5. The second-order valence-electron chi connectivity index (χ2n) is 5.27. The predicted octanol–water partition coefficient (Wildman–Crippen LogP) is 3.04. The largest absolute Gasteiger partial charge is 0.495 e. The molecule has 0 fully saturated rings. The third-order valence-corrected chi connectivity index (χ3v) is 5.49. The smallest absolute Gasteiger partial charge is 0.273 e. The molecule has 1 heterocycles. The van der Waals surface area contributed by atoms with E-state index in [-0.39, 0.29) is 10.6 Å². The quantitative estimate of drug-likeness (QED) is 0.739. The van der Waals surface area contributed by atoms with Crippen molar-refractivity contribution in [3.05, 3.63) is 53.6 Å². The fourth-order valence-corrected chi connectivity index (χ4v) is 3.82. The van der Waals surface area contributed by atoms with Gasteiger partial charge in [-0.25, -0.2) is 21.8 Å². The van der Waals surface area contributed by atoms with Gasteiger partial charge in [0.1, 0.15) is 22.8 Å². The van der Waals surface area contributed by atoms with Crippen LogP contribution in [-0.4, -0.2) is 24.5 Å². The van der Waals surface area contributed by atoms with Gasteiger partial charge in [0.05, 0.1) is 18.1 Å². The van der Waals surface area contributed by atoms with Crippen LogP contribution in [0.5, 0.6) is 5.75 Å². The topological polar surface area (TPSA) is 61.2 Å². The molecule has 3 aromatic rings. The van der Waals surface area contributed by atoms with Crippen LogP contribution in [-0.2, 0) is 10.0 Å². The number of rotatable bonds is 3. The molecule has 0 saturated carbocycles. The molecule has 120 valence electrons. The highest BCUT2D eigenvalue weighted by Crippen LogP contribution is 2.29. The van der Waals surface area contributed by atoms with E-state index in [4.69, 9.17) is 4.74 Å². The summed E-state index contributed by atoms with van der Waals surface area (Å²) >= 11 is 0. The zero-order chi connectivity index (χ0) is 16.8. The second kappa shape index (κ2) is 5.34. The van der Waals surface area contributed by atoms with Crippen molar-refractivity contribution in [2.75, 3.05) is 7.11 Å². The molecule has 7 heteroatoms. The van der Waals surface area contributed by atoms with Crippen LogP contribution in [0.15, 0.2) is 41.6 Å². The van der Waals surface area contributed by atoms with Crippen LogP contribution in [0.1, 0.15) is 11.1 Å². The van der Waals surface area contributed by atoms with E-state index in [1.807, 2.05) is 19.9 Å². The highest BCUT2D eigenvalue weighted by molar-refractivity contribution is 7.90. The van der Waals surface area contributed by atoms with Crippen LogP contribution < -0.4 is 4.74 Å². The number of methoxy groups -OCH3 is 1. The highest BCUT2D eigenvalue weighted by atomic mass is 32.2. The summed E-state index contributed by atoms with van der Waals surface area (Å²) in [7, 11) is -2.65. The van der Waals surface area contributed by atoms with Gasteiger partial charge < -0.3 is 4.74 Å². The van der Waals surface area contributed by atoms with Gasteiger partial charge in [-0.1, -0.05) is 0 Å². The SMILES string of the molecule is COc1cc(F)ccc1S(=O)(=O)n1cnc2cc(C)c(C)cc21. The molecule has 0 unspecified atom stereocenters. The molecule has 0 saturated heterocycles. The Morgan fingerprint density at radius 3 is 2.52 bits per heavy atom. The Labute approximate surface area is 133 Å². The third-order valence-electron chi connectivity index (χ3n) is 3.79. The Morgan fingerprint density at radius 2 is 1.83 bits per heavy atom. The number of aryl methyl sites for hydroxylation is 2. The Bertz CT molecular complexity index is 1010. The number of fused-ring (bicyclic) bond motifs is 1. The van der Waals surface area contributed by atoms with Crippen LogP contribution >= 0.6 is 0 Å². The first-order chi connectivity index (χ1) is 10.8. The average Bonchev–Trinajstić information content (AvgIpc) is 2.90. The van der Waals surface area contributed by atoms with Crippen molar-refractivity contribution in [2.45, 2.75) is 18.7 Å².